The third kappa shape index (κ3) is 1.53. The lowest BCUT2D eigenvalue weighted by atomic mass is 9.95. The third-order valence-corrected chi connectivity index (χ3v) is 2.73. The van der Waals surface area contributed by atoms with Gasteiger partial charge in [0.25, 0.3) is 0 Å². The number of aryl methyl sites for hydroxylation is 1. The second-order valence-corrected chi connectivity index (χ2v) is 3.60. The summed E-state index contributed by atoms with van der Waals surface area (Å²) in [7, 11) is 0. The van der Waals surface area contributed by atoms with E-state index in [0.717, 1.165) is 12.1 Å². The number of benzene rings is 1. The van der Waals surface area contributed by atoms with E-state index in [-0.39, 0.29) is 0 Å². The van der Waals surface area contributed by atoms with Gasteiger partial charge in [0.05, 0.1) is 0 Å². The number of nitrogens with one attached hydrogen (secondary N) is 1. The topological polar surface area (TPSA) is 12.0 Å². The van der Waals surface area contributed by atoms with Crippen LogP contribution >= 0.6 is 0 Å². The first kappa shape index (κ1) is 8.54. The summed E-state index contributed by atoms with van der Waals surface area (Å²) in [6.45, 7) is 1.88. The molecule has 0 amide bonds. The largest absolute Gasteiger partial charge is 0.353 e. The molecule has 1 aliphatic heterocycles. The van der Waals surface area contributed by atoms with Gasteiger partial charge in [-0.15, -0.1) is 0 Å². The van der Waals surface area contributed by atoms with Crippen LogP contribution in [-0.2, 0) is 6.42 Å². The number of anilines is 1. The van der Waals surface area contributed by atoms with Crippen molar-refractivity contribution in [1.82, 2.24) is 0 Å². The molecule has 0 radical (unpaired) electrons. The number of alkyl halides is 1. The molecule has 2 rings (SSSR count). The molecule has 0 fully saturated rings. The standard InChI is InChI=1S/C11H14FN/c1-2-11(12)8-7-9-5-3-4-6-10(9)13-11/h3-6,13H,2,7-8H2,1H3. The number of para-hydroxylation sites is 1. The van der Waals surface area contributed by atoms with Crippen LogP contribution in [-0.4, -0.2) is 5.79 Å². The Morgan fingerprint density at radius 1 is 1.46 bits per heavy atom. The zero-order valence-electron chi connectivity index (χ0n) is 7.81. The van der Waals surface area contributed by atoms with Gasteiger partial charge in [0.2, 0.25) is 0 Å². The molecule has 0 saturated heterocycles. The molecule has 1 aliphatic rings. The lowest BCUT2D eigenvalue weighted by Crippen LogP contribution is -2.36. The first-order valence-corrected chi connectivity index (χ1v) is 4.78. The number of hydrogen-bond acceptors (Lipinski definition) is 1. The van der Waals surface area contributed by atoms with Crippen molar-refractivity contribution in [3.05, 3.63) is 29.8 Å². The third-order valence-electron chi connectivity index (χ3n) is 2.73. The molecule has 1 atom stereocenters. The molecule has 2 heteroatoms. The average molecular weight is 179 g/mol. The number of hydrogen-bond donors (Lipinski definition) is 1. The molecular weight excluding hydrogens is 165 g/mol. The first-order chi connectivity index (χ1) is 6.23. The fraction of sp³-hybridized carbons (Fsp3) is 0.455. The van der Waals surface area contributed by atoms with Gasteiger partial charge in [-0.3, -0.25) is 0 Å². The molecule has 0 aliphatic carbocycles. The monoisotopic (exact) mass is 179 g/mol. The highest BCUT2D eigenvalue weighted by Crippen LogP contribution is 2.33. The van der Waals surface area contributed by atoms with Crippen LogP contribution in [0, 0.1) is 0 Å². The van der Waals surface area contributed by atoms with Gasteiger partial charge in [-0.2, -0.15) is 0 Å². The molecule has 1 N–H and O–H groups in total. The van der Waals surface area contributed by atoms with Crippen LogP contribution in [0.25, 0.3) is 0 Å². The van der Waals surface area contributed by atoms with Gasteiger partial charge in [-0.1, -0.05) is 25.1 Å². The van der Waals surface area contributed by atoms with E-state index >= 15 is 0 Å². The average Bonchev–Trinajstić information content (AvgIpc) is 2.18. The second kappa shape index (κ2) is 3.02. The summed E-state index contributed by atoms with van der Waals surface area (Å²) in [4.78, 5) is 0. The van der Waals surface area contributed by atoms with E-state index in [1.807, 2.05) is 25.1 Å². The van der Waals surface area contributed by atoms with Gasteiger partial charge in [-0.25, -0.2) is 4.39 Å². The van der Waals surface area contributed by atoms with Crippen LogP contribution in [0.2, 0.25) is 0 Å². The zero-order chi connectivity index (χ0) is 9.31. The molecule has 1 aromatic carbocycles. The maximum absolute atomic E-state index is 13.9. The lowest BCUT2D eigenvalue weighted by Gasteiger charge is -2.32. The highest BCUT2D eigenvalue weighted by atomic mass is 19.1. The van der Waals surface area contributed by atoms with Crippen molar-refractivity contribution in [1.29, 1.82) is 0 Å². The molecule has 70 valence electrons. The molecule has 13 heavy (non-hydrogen) atoms. The van der Waals surface area contributed by atoms with E-state index in [9.17, 15) is 4.39 Å². The first-order valence-electron chi connectivity index (χ1n) is 4.78. The Hall–Kier alpha value is -1.05. The maximum atomic E-state index is 13.9. The number of halogens is 1. The summed E-state index contributed by atoms with van der Waals surface area (Å²) in [6, 6.07) is 7.93. The second-order valence-electron chi connectivity index (χ2n) is 3.60. The summed E-state index contributed by atoms with van der Waals surface area (Å²) in [5.74, 6) is -1.19. The molecule has 1 aromatic rings. The van der Waals surface area contributed by atoms with E-state index < -0.39 is 5.79 Å². The van der Waals surface area contributed by atoms with E-state index in [1.165, 1.54) is 5.56 Å². The Balaban J connectivity index is 2.29. The Bertz CT molecular complexity index is 311. The summed E-state index contributed by atoms with van der Waals surface area (Å²) < 4.78 is 13.9. The maximum Gasteiger partial charge on any atom is 0.180 e. The Morgan fingerprint density at radius 3 is 3.00 bits per heavy atom. The molecule has 0 saturated carbocycles. The van der Waals surface area contributed by atoms with E-state index in [0.29, 0.717) is 12.8 Å². The van der Waals surface area contributed by atoms with Crippen LogP contribution in [0.1, 0.15) is 25.3 Å². The SMILES string of the molecule is CCC1(F)CCc2ccccc2N1. The highest BCUT2D eigenvalue weighted by Gasteiger charge is 2.31. The molecule has 1 unspecified atom stereocenters. The summed E-state index contributed by atoms with van der Waals surface area (Å²) >= 11 is 0. The van der Waals surface area contributed by atoms with E-state index in [2.05, 4.69) is 11.4 Å². The summed E-state index contributed by atoms with van der Waals surface area (Å²) in [5, 5.41) is 2.96. The van der Waals surface area contributed by atoms with E-state index in [4.69, 9.17) is 0 Å². The van der Waals surface area contributed by atoms with Gasteiger partial charge >= 0.3 is 0 Å². The van der Waals surface area contributed by atoms with Crippen molar-refractivity contribution in [2.24, 2.45) is 0 Å². The number of fused-ring (bicyclic) bond motifs is 1. The minimum absolute atomic E-state index is 0.529. The Kier molecular flexibility index (Phi) is 1.98. The van der Waals surface area contributed by atoms with Crippen LogP contribution in [0.15, 0.2) is 24.3 Å². The van der Waals surface area contributed by atoms with E-state index in [1.54, 1.807) is 0 Å². The van der Waals surface area contributed by atoms with Gasteiger partial charge < -0.3 is 5.32 Å². The zero-order valence-corrected chi connectivity index (χ0v) is 7.81. The van der Waals surface area contributed by atoms with Crippen molar-refractivity contribution >= 4 is 5.69 Å². The quantitative estimate of drug-likeness (QED) is 0.653. The molecule has 0 bridgehead atoms. The Labute approximate surface area is 78.0 Å². The lowest BCUT2D eigenvalue weighted by molar-refractivity contribution is 0.175. The Morgan fingerprint density at radius 2 is 2.23 bits per heavy atom. The molecule has 0 spiro atoms. The van der Waals surface area contributed by atoms with Crippen molar-refractivity contribution in [3.63, 3.8) is 0 Å². The van der Waals surface area contributed by atoms with Crippen LogP contribution in [0.5, 0.6) is 0 Å². The smallest absolute Gasteiger partial charge is 0.180 e. The van der Waals surface area contributed by atoms with Crippen LogP contribution < -0.4 is 5.32 Å². The van der Waals surface area contributed by atoms with Crippen molar-refractivity contribution in [3.8, 4) is 0 Å². The molecule has 0 aromatic heterocycles. The highest BCUT2D eigenvalue weighted by molar-refractivity contribution is 5.54. The molecule has 1 heterocycles. The predicted octanol–water partition coefficient (Wildman–Crippen LogP) is 3.12. The minimum atomic E-state index is -1.19. The fourth-order valence-electron chi connectivity index (χ4n) is 1.76. The van der Waals surface area contributed by atoms with Gasteiger partial charge in [0.15, 0.2) is 5.79 Å². The van der Waals surface area contributed by atoms with Gasteiger partial charge in [0, 0.05) is 12.1 Å². The molecular formula is C11H14FN. The fourth-order valence-corrected chi connectivity index (χ4v) is 1.76. The number of rotatable bonds is 1. The van der Waals surface area contributed by atoms with Crippen molar-refractivity contribution in [2.45, 2.75) is 32.0 Å². The minimum Gasteiger partial charge on any atom is -0.353 e. The van der Waals surface area contributed by atoms with Gasteiger partial charge in [-0.05, 0) is 24.5 Å². The predicted molar refractivity (Wildman–Crippen MR) is 52.5 cm³/mol. The summed E-state index contributed by atoms with van der Waals surface area (Å²) in [5.41, 5.74) is 2.18. The summed E-state index contributed by atoms with van der Waals surface area (Å²) in [6.07, 6.45) is 1.95. The normalized spacial score (nSPS) is 26.3. The van der Waals surface area contributed by atoms with Crippen molar-refractivity contribution in [2.75, 3.05) is 5.32 Å². The van der Waals surface area contributed by atoms with Crippen LogP contribution in [0.3, 0.4) is 0 Å². The van der Waals surface area contributed by atoms with Gasteiger partial charge in [0.1, 0.15) is 0 Å². The van der Waals surface area contributed by atoms with Crippen molar-refractivity contribution < 1.29 is 4.39 Å². The molecule has 1 nitrogen and oxygen atoms in total. The van der Waals surface area contributed by atoms with Crippen LogP contribution in [0.4, 0.5) is 10.1 Å².